The summed E-state index contributed by atoms with van der Waals surface area (Å²) < 4.78 is 16.1. The van der Waals surface area contributed by atoms with Gasteiger partial charge in [0.05, 0.1) is 12.5 Å². The smallest absolute Gasteiger partial charge is 0.408 e. The van der Waals surface area contributed by atoms with Crippen molar-refractivity contribution in [3.8, 4) is 5.75 Å². The summed E-state index contributed by atoms with van der Waals surface area (Å²) in [7, 11) is 0. The van der Waals surface area contributed by atoms with Crippen LogP contribution in [0.3, 0.4) is 0 Å². The minimum Gasteiger partial charge on any atom is -0.494 e. The molecule has 2 aliphatic carbocycles. The number of hydrogen-bond donors (Lipinski definition) is 2. The maximum atomic E-state index is 13.1. The van der Waals surface area contributed by atoms with Gasteiger partial charge in [-0.1, -0.05) is 38.1 Å². The monoisotopic (exact) mass is 431 g/mol. The zero-order chi connectivity index (χ0) is 22.4. The standard InChI is InChI=1S/C23H29NO7/c1-3-5-13-29-16-8-6-15(7-9-16)14-31-21(27)23(24-22(28)30-12-4-2)11-10-17-18(19(17)23)20(25)26/h4,6-9,17-19H,2-3,5,10-14H2,1H3,(H,24,28)(H,25,26)/t17-,18-,19-,23-/m0/s1. The summed E-state index contributed by atoms with van der Waals surface area (Å²) in [4.78, 5) is 36.8. The lowest BCUT2D eigenvalue weighted by Crippen LogP contribution is -2.56. The zero-order valence-electron chi connectivity index (χ0n) is 17.7. The predicted octanol–water partition coefficient (Wildman–Crippen LogP) is 3.30. The fourth-order valence-electron chi connectivity index (χ4n) is 4.38. The van der Waals surface area contributed by atoms with Crippen molar-refractivity contribution < 1.29 is 33.7 Å². The molecule has 8 nitrogen and oxygen atoms in total. The lowest BCUT2D eigenvalue weighted by Gasteiger charge is -2.30. The molecule has 3 rings (SSSR count). The van der Waals surface area contributed by atoms with Crippen molar-refractivity contribution in [2.45, 2.75) is 44.8 Å². The van der Waals surface area contributed by atoms with E-state index < -0.39 is 35.4 Å². The van der Waals surface area contributed by atoms with Gasteiger partial charge in [0.15, 0.2) is 0 Å². The molecule has 0 heterocycles. The molecule has 31 heavy (non-hydrogen) atoms. The number of hydrogen-bond acceptors (Lipinski definition) is 6. The van der Waals surface area contributed by atoms with Crippen molar-refractivity contribution in [1.29, 1.82) is 0 Å². The van der Waals surface area contributed by atoms with Gasteiger partial charge in [-0.25, -0.2) is 9.59 Å². The van der Waals surface area contributed by atoms with E-state index in [9.17, 15) is 19.5 Å². The first kappa shape index (κ1) is 22.7. The van der Waals surface area contributed by atoms with Crippen molar-refractivity contribution >= 4 is 18.0 Å². The average Bonchev–Trinajstić information content (AvgIpc) is 3.40. The van der Waals surface area contributed by atoms with E-state index in [1.165, 1.54) is 6.08 Å². The van der Waals surface area contributed by atoms with Crippen molar-refractivity contribution in [1.82, 2.24) is 5.32 Å². The Morgan fingerprint density at radius 3 is 2.61 bits per heavy atom. The van der Waals surface area contributed by atoms with E-state index in [1.807, 2.05) is 24.3 Å². The maximum absolute atomic E-state index is 13.1. The second kappa shape index (κ2) is 9.85. The van der Waals surface area contributed by atoms with Crippen LogP contribution in [0.4, 0.5) is 4.79 Å². The molecular formula is C23H29NO7. The van der Waals surface area contributed by atoms with Crippen LogP contribution in [-0.2, 0) is 25.7 Å². The number of carboxylic acid groups (broad SMARTS) is 1. The molecule has 0 aliphatic heterocycles. The number of aliphatic carboxylic acids is 1. The van der Waals surface area contributed by atoms with E-state index >= 15 is 0 Å². The number of amides is 1. The number of carbonyl (C=O) groups is 3. The first-order valence-electron chi connectivity index (χ1n) is 10.6. The van der Waals surface area contributed by atoms with Crippen LogP contribution in [0.15, 0.2) is 36.9 Å². The third-order valence-electron chi connectivity index (χ3n) is 5.98. The number of benzene rings is 1. The summed E-state index contributed by atoms with van der Waals surface area (Å²) in [6, 6.07) is 7.24. The number of esters is 1. The molecule has 0 aromatic heterocycles. The number of nitrogens with one attached hydrogen (secondary N) is 1. The Hall–Kier alpha value is -3.03. The lowest BCUT2D eigenvalue weighted by atomic mass is 9.90. The van der Waals surface area contributed by atoms with Crippen LogP contribution in [0, 0.1) is 17.8 Å². The molecule has 0 radical (unpaired) electrons. The summed E-state index contributed by atoms with van der Waals surface area (Å²) in [5.74, 6) is -2.17. The third kappa shape index (κ3) is 5.00. The Morgan fingerprint density at radius 1 is 1.26 bits per heavy atom. The van der Waals surface area contributed by atoms with Crippen LogP contribution in [0.25, 0.3) is 0 Å². The van der Waals surface area contributed by atoms with E-state index in [-0.39, 0.29) is 19.1 Å². The SMILES string of the molecule is C=CCOC(=O)N[C@@]1(C(=O)OCc2ccc(OCCCC)cc2)CC[C@H]2[C@H](C(=O)O)[C@H]21. The molecule has 2 aliphatic rings. The second-order valence-electron chi connectivity index (χ2n) is 8.00. The number of ether oxygens (including phenoxy) is 3. The zero-order valence-corrected chi connectivity index (χ0v) is 17.7. The first-order valence-corrected chi connectivity index (χ1v) is 10.6. The Labute approximate surface area is 181 Å². The number of carbonyl (C=O) groups excluding carboxylic acids is 2. The quantitative estimate of drug-likeness (QED) is 0.314. The summed E-state index contributed by atoms with van der Waals surface area (Å²) >= 11 is 0. The summed E-state index contributed by atoms with van der Waals surface area (Å²) in [6.07, 6.45) is 3.50. The summed E-state index contributed by atoms with van der Waals surface area (Å²) in [6.45, 7) is 6.22. The highest BCUT2D eigenvalue weighted by Gasteiger charge is 2.72. The number of carboxylic acids is 1. The molecule has 0 saturated heterocycles. The first-order chi connectivity index (χ1) is 14.9. The van der Waals surface area contributed by atoms with Crippen LogP contribution < -0.4 is 10.1 Å². The predicted molar refractivity (Wildman–Crippen MR) is 111 cm³/mol. The summed E-state index contributed by atoms with van der Waals surface area (Å²) in [5.41, 5.74) is -0.629. The minimum absolute atomic E-state index is 0.00827. The fourth-order valence-corrected chi connectivity index (χ4v) is 4.38. The highest BCUT2D eigenvalue weighted by molar-refractivity contribution is 5.90. The topological polar surface area (TPSA) is 111 Å². The van der Waals surface area contributed by atoms with Crippen LogP contribution in [0.5, 0.6) is 5.75 Å². The average molecular weight is 431 g/mol. The number of rotatable bonds is 11. The van der Waals surface area contributed by atoms with E-state index in [0.717, 1.165) is 24.2 Å². The van der Waals surface area contributed by atoms with Crippen molar-refractivity contribution in [3.63, 3.8) is 0 Å². The molecule has 4 atom stereocenters. The molecule has 168 valence electrons. The van der Waals surface area contributed by atoms with Gasteiger partial charge in [-0.2, -0.15) is 0 Å². The van der Waals surface area contributed by atoms with E-state index in [2.05, 4.69) is 18.8 Å². The van der Waals surface area contributed by atoms with Crippen LogP contribution >= 0.6 is 0 Å². The van der Waals surface area contributed by atoms with Crippen LogP contribution in [0.1, 0.15) is 38.2 Å². The third-order valence-corrected chi connectivity index (χ3v) is 5.98. The van der Waals surface area contributed by atoms with Crippen molar-refractivity contribution in [2.75, 3.05) is 13.2 Å². The van der Waals surface area contributed by atoms with Gasteiger partial charge in [-0.05, 0) is 42.9 Å². The minimum atomic E-state index is -1.39. The maximum Gasteiger partial charge on any atom is 0.408 e. The van der Waals surface area contributed by atoms with Gasteiger partial charge in [-0.3, -0.25) is 4.79 Å². The Morgan fingerprint density at radius 2 is 2.00 bits per heavy atom. The van der Waals surface area contributed by atoms with Crippen LogP contribution in [-0.4, -0.2) is 41.9 Å². The molecule has 8 heteroatoms. The van der Waals surface area contributed by atoms with E-state index in [4.69, 9.17) is 14.2 Å². The van der Waals surface area contributed by atoms with E-state index in [1.54, 1.807) is 0 Å². The molecule has 0 bridgehead atoms. The van der Waals surface area contributed by atoms with Crippen molar-refractivity contribution in [2.24, 2.45) is 17.8 Å². The van der Waals surface area contributed by atoms with Gasteiger partial charge in [0.1, 0.15) is 24.5 Å². The second-order valence-corrected chi connectivity index (χ2v) is 8.00. The van der Waals surface area contributed by atoms with E-state index in [0.29, 0.717) is 19.4 Å². The van der Waals surface area contributed by atoms with Crippen molar-refractivity contribution in [3.05, 3.63) is 42.5 Å². The largest absolute Gasteiger partial charge is 0.494 e. The molecular weight excluding hydrogens is 402 g/mol. The Bertz CT molecular complexity index is 822. The fraction of sp³-hybridized carbons (Fsp3) is 0.522. The normalized spacial score (nSPS) is 25.8. The molecule has 2 fully saturated rings. The molecule has 1 aromatic rings. The van der Waals surface area contributed by atoms with Gasteiger partial charge < -0.3 is 24.6 Å². The van der Waals surface area contributed by atoms with Gasteiger partial charge in [0.25, 0.3) is 0 Å². The van der Waals surface area contributed by atoms with Gasteiger partial charge in [0.2, 0.25) is 0 Å². The molecule has 0 spiro atoms. The van der Waals surface area contributed by atoms with Gasteiger partial charge in [-0.15, -0.1) is 0 Å². The Balaban J connectivity index is 1.64. The van der Waals surface area contributed by atoms with Crippen LogP contribution in [0.2, 0.25) is 0 Å². The molecule has 1 amide bonds. The Kier molecular flexibility index (Phi) is 7.20. The summed E-state index contributed by atoms with van der Waals surface area (Å²) in [5, 5.41) is 12.0. The molecule has 2 N–H and O–H groups in total. The number of unbranched alkanes of at least 4 members (excludes halogenated alkanes) is 1. The highest BCUT2D eigenvalue weighted by Crippen LogP contribution is 2.62. The molecule has 2 saturated carbocycles. The lowest BCUT2D eigenvalue weighted by molar-refractivity contribution is -0.154. The molecule has 0 unspecified atom stereocenters. The highest BCUT2D eigenvalue weighted by atomic mass is 16.6. The van der Waals surface area contributed by atoms with Gasteiger partial charge in [0, 0.05) is 5.92 Å². The molecule has 1 aromatic carbocycles. The number of fused-ring (bicyclic) bond motifs is 1. The number of alkyl carbamates (subject to hydrolysis) is 1. The van der Waals surface area contributed by atoms with Gasteiger partial charge >= 0.3 is 18.0 Å².